The molecule has 0 unspecified atom stereocenters. The summed E-state index contributed by atoms with van der Waals surface area (Å²) in [6.07, 6.45) is 7.52. The van der Waals surface area contributed by atoms with E-state index in [2.05, 4.69) is 23.8 Å². The summed E-state index contributed by atoms with van der Waals surface area (Å²) in [6, 6.07) is 0. The van der Waals surface area contributed by atoms with Gasteiger partial charge in [0.2, 0.25) is 0 Å². The second kappa shape index (κ2) is 8.67. The van der Waals surface area contributed by atoms with E-state index in [0.29, 0.717) is 11.1 Å². The number of hydrogen-bond acceptors (Lipinski definition) is 6. The van der Waals surface area contributed by atoms with E-state index < -0.39 is 0 Å². The highest BCUT2D eigenvalue weighted by molar-refractivity contribution is 6.18. The first-order valence-corrected chi connectivity index (χ1v) is 6.68. The second-order valence-electron chi connectivity index (χ2n) is 4.43. The van der Waals surface area contributed by atoms with Crippen molar-refractivity contribution in [1.29, 1.82) is 0 Å². The fourth-order valence-electron chi connectivity index (χ4n) is 1.51. The number of carbonyl (C=O) groups is 6. The van der Waals surface area contributed by atoms with Crippen LogP contribution in [-0.2, 0) is 28.8 Å². The smallest absolute Gasteiger partial charge is 0.258 e. The van der Waals surface area contributed by atoms with Gasteiger partial charge in [-0.15, -0.1) is 0 Å². The third-order valence-electron chi connectivity index (χ3n) is 2.64. The van der Waals surface area contributed by atoms with E-state index in [1.54, 1.807) is 0 Å². The first-order chi connectivity index (χ1) is 11.8. The molecule has 6 amide bonds. The van der Waals surface area contributed by atoms with Crippen molar-refractivity contribution >= 4 is 35.4 Å². The van der Waals surface area contributed by atoms with Crippen LogP contribution in [0.4, 0.5) is 0 Å². The minimum Gasteiger partial charge on any atom is -0.289 e. The predicted molar refractivity (Wildman–Crippen MR) is 85.1 cm³/mol. The number of carbonyl (C=O) groups excluding carboxylic acids is 6. The molecule has 3 heterocycles. The second-order valence-corrected chi connectivity index (χ2v) is 4.43. The van der Waals surface area contributed by atoms with Gasteiger partial charge >= 0.3 is 0 Å². The van der Waals surface area contributed by atoms with Gasteiger partial charge in [-0.05, 0) is 0 Å². The Morgan fingerprint density at radius 3 is 1.08 bits per heavy atom. The molecule has 9 heteroatoms. The summed E-state index contributed by atoms with van der Waals surface area (Å²) in [5.74, 6) is -2.12. The van der Waals surface area contributed by atoms with Crippen molar-refractivity contribution in [3.05, 3.63) is 60.8 Å². The van der Waals surface area contributed by atoms with Crippen molar-refractivity contribution in [2.45, 2.75) is 0 Å². The van der Waals surface area contributed by atoms with Crippen LogP contribution in [0.5, 0.6) is 0 Å². The molecule has 0 fully saturated rings. The summed E-state index contributed by atoms with van der Waals surface area (Å²) in [4.78, 5) is 61.9. The molecule has 0 aromatic rings. The third kappa shape index (κ3) is 6.02. The van der Waals surface area contributed by atoms with Crippen molar-refractivity contribution in [3.8, 4) is 0 Å². The zero-order chi connectivity index (χ0) is 19.0. The summed E-state index contributed by atoms with van der Waals surface area (Å²) in [6.45, 7) is 6.69. The lowest BCUT2D eigenvalue weighted by Crippen LogP contribution is -2.21. The standard InChI is InChI=1S/2C6H5NO2.C4H3NO2/c2*1-2-4-3-5(8)7-6(4)9;6-3-1-2-4(7)5-3/h2*2-3H,1H2,(H,7,8,9);1-2H,(H,5,6,7). The molecule has 3 N–H and O–H groups in total. The Bertz CT molecular complexity index is 722. The van der Waals surface area contributed by atoms with Crippen LogP contribution in [-0.4, -0.2) is 35.4 Å². The summed E-state index contributed by atoms with van der Waals surface area (Å²) >= 11 is 0. The van der Waals surface area contributed by atoms with Crippen LogP contribution in [0.3, 0.4) is 0 Å². The van der Waals surface area contributed by atoms with Crippen LogP contribution in [0.25, 0.3) is 0 Å². The molecule has 3 aliphatic heterocycles. The van der Waals surface area contributed by atoms with Crippen LogP contribution in [0.2, 0.25) is 0 Å². The average molecular weight is 343 g/mol. The van der Waals surface area contributed by atoms with Crippen molar-refractivity contribution in [2.75, 3.05) is 0 Å². The van der Waals surface area contributed by atoms with Gasteiger partial charge in [0.15, 0.2) is 0 Å². The molecule has 0 saturated carbocycles. The van der Waals surface area contributed by atoms with Gasteiger partial charge in [-0.1, -0.05) is 25.3 Å². The molecule has 0 aromatic heterocycles. The third-order valence-corrected chi connectivity index (χ3v) is 2.64. The molecular formula is C16H13N3O6. The van der Waals surface area contributed by atoms with E-state index >= 15 is 0 Å². The van der Waals surface area contributed by atoms with Gasteiger partial charge in [0, 0.05) is 35.5 Å². The molecule has 0 aliphatic carbocycles. The highest BCUT2D eigenvalue weighted by Crippen LogP contribution is 2.01. The lowest BCUT2D eigenvalue weighted by molar-refractivity contribution is -0.125. The minimum atomic E-state index is -0.366. The zero-order valence-corrected chi connectivity index (χ0v) is 12.8. The number of rotatable bonds is 2. The lowest BCUT2D eigenvalue weighted by Gasteiger charge is -1.85. The average Bonchev–Trinajstić information content (AvgIpc) is 3.19. The fraction of sp³-hybridized carbons (Fsp3) is 0. The van der Waals surface area contributed by atoms with Crippen LogP contribution < -0.4 is 16.0 Å². The maximum absolute atomic E-state index is 10.5. The lowest BCUT2D eigenvalue weighted by atomic mass is 10.3. The maximum atomic E-state index is 10.5. The van der Waals surface area contributed by atoms with Gasteiger partial charge in [0.25, 0.3) is 35.4 Å². The molecule has 9 nitrogen and oxygen atoms in total. The van der Waals surface area contributed by atoms with Gasteiger partial charge < -0.3 is 0 Å². The van der Waals surface area contributed by atoms with Crippen LogP contribution >= 0.6 is 0 Å². The molecule has 0 radical (unpaired) electrons. The van der Waals surface area contributed by atoms with Crippen LogP contribution in [0, 0.1) is 0 Å². The van der Waals surface area contributed by atoms with Gasteiger partial charge in [-0.2, -0.15) is 0 Å². The van der Waals surface area contributed by atoms with E-state index in [1.807, 2.05) is 5.32 Å². The molecule has 0 spiro atoms. The zero-order valence-electron chi connectivity index (χ0n) is 12.8. The Balaban J connectivity index is 0.000000189. The molecule has 0 saturated heterocycles. The number of imide groups is 3. The Labute approximate surface area is 141 Å². The monoisotopic (exact) mass is 343 g/mol. The summed E-state index contributed by atoms with van der Waals surface area (Å²) in [7, 11) is 0. The normalized spacial score (nSPS) is 17.3. The van der Waals surface area contributed by atoms with Crippen molar-refractivity contribution in [2.24, 2.45) is 0 Å². The highest BCUT2D eigenvalue weighted by Gasteiger charge is 2.17. The van der Waals surface area contributed by atoms with Gasteiger partial charge in [-0.25, -0.2) is 0 Å². The van der Waals surface area contributed by atoms with Gasteiger partial charge in [-0.3, -0.25) is 44.7 Å². The molecule has 0 bridgehead atoms. The number of hydrogen-bond donors (Lipinski definition) is 3. The fourth-order valence-corrected chi connectivity index (χ4v) is 1.51. The Morgan fingerprint density at radius 2 is 0.960 bits per heavy atom. The van der Waals surface area contributed by atoms with Gasteiger partial charge in [0.05, 0.1) is 0 Å². The highest BCUT2D eigenvalue weighted by atomic mass is 16.2. The molecule has 0 atom stereocenters. The number of amides is 6. The van der Waals surface area contributed by atoms with E-state index in [9.17, 15) is 28.8 Å². The van der Waals surface area contributed by atoms with Crippen molar-refractivity contribution < 1.29 is 28.8 Å². The van der Waals surface area contributed by atoms with Crippen molar-refractivity contribution in [3.63, 3.8) is 0 Å². The minimum absolute atomic E-state index is 0.329. The predicted octanol–water partition coefficient (Wildman–Crippen LogP) is -1.29. The van der Waals surface area contributed by atoms with E-state index in [4.69, 9.17) is 0 Å². The quantitative estimate of drug-likeness (QED) is 0.533. The Morgan fingerprint density at radius 1 is 0.600 bits per heavy atom. The Hall–Kier alpha value is -3.88. The number of nitrogens with one attached hydrogen (secondary N) is 3. The van der Waals surface area contributed by atoms with Gasteiger partial charge in [0.1, 0.15) is 0 Å². The largest absolute Gasteiger partial charge is 0.289 e. The maximum Gasteiger partial charge on any atom is 0.258 e. The molecule has 128 valence electrons. The SMILES string of the molecule is C=CC1=CC(=O)NC1=O.C=CC1=CC(=O)NC1=O.O=C1C=CC(=O)N1. The summed E-state index contributed by atoms with van der Waals surface area (Å²) in [5.41, 5.74) is 0.667. The van der Waals surface area contributed by atoms with E-state index in [-0.39, 0.29) is 35.4 Å². The molecule has 3 aliphatic rings. The summed E-state index contributed by atoms with van der Waals surface area (Å²) < 4.78 is 0. The Kier molecular flexibility index (Phi) is 6.65. The molecule has 3 rings (SSSR count). The van der Waals surface area contributed by atoms with E-state index in [1.165, 1.54) is 36.5 Å². The first-order valence-electron chi connectivity index (χ1n) is 6.68. The van der Waals surface area contributed by atoms with Crippen LogP contribution in [0.1, 0.15) is 0 Å². The molecule has 25 heavy (non-hydrogen) atoms. The van der Waals surface area contributed by atoms with Crippen LogP contribution in [0.15, 0.2) is 60.8 Å². The topological polar surface area (TPSA) is 139 Å². The molecule has 0 aromatic carbocycles. The summed E-state index contributed by atoms with van der Waals surface area (Å²) in [5, 5.41) is 6.18. The first kappa shape index (κ1) is 19.2. The van der Waals surface area contributed by atoms with Crippen molar-refractivity contribution in [1.82, 2.24) is 16.0 Å². The molecular weight excluding hydrogens is 330 g/mol. The van der Waals surface area contributed by atoms with E-state index in [0.717, 1.165) is 0 Å².